The van der Waals surface area contributed by atoms with Gasteiger partial charge in [-0.15, -0.1) is 11.3 Å². The summed E-state index contributed by atoms with van der Waals surface area (Å²) in [6, 6.07) is 17.0. The monoisotopic (exact) mass is 374 g/mol. The van der Waals surface area contributed by atoms with Crippen molar-refractivity contribution in [3.63, 3.8) is 0 Å². The van der Waals surface area contributed by atoms with E-state index in [1.807, 2.05) is 18.3 Å². The molecule has 27 heavy (non-hydrogen) atoms. The smallest absolute Gasteiger partial charge is 0.190 e. The van der Waals surface area contributed by atoms with Crippen LogP contribution in [0.2, 0.25) is 0 Å². The minimum Gasteiger partial charge on any atom is -0.405 e. The lowest BCUT2D eigenvalue weighted by Crippen LogP contribution is -2.24. The number of nitrogens with two attached hydrogens (primary N) is 1. The molecule has 136 valence electrons. The summed E-state index contributed by atoms with van der Waals surface area (Å²) in [5.41, 5.74) is 10.2. The number of rotatable bonds is 5. The molecule has 1 aliphatic rings. The van der Waals surface area contributed by atoms with E-state index in [4.69, 9.17) is 10.7 Å². The highest BCUT2D eigenvalue weighted by atomic mass is 32.1. The van der Waals surface area contributed by atoms with E-state index in [0.29, 0.717) is 0 Å². The molecule has 2 heterocycles. The predicted molar refractivity (Wildman–Crippen MR) is 115 cm³/mol. The van der Waals surface area contributed by atoms with Crippen LogP contribution in [0, 0.1) is 0 Å². The fraction of sp³-hybridized carbons (Fsp3) is 0.182. The fourth-order valence-corrected chi connectivity index (χ4v) is 4.30. The van der Waals surface area contributed by atoms with E-state index in [9.17, 15) is 0 Å². The summed E-state index contributed by atoms with van der Waals surface area (Å²) < 4.78 is 0. The Hall–Kier alpha value is -2.92. The van der Waals surface area contributed by atoms with Crippen LogP contribution in [-0.2, 0) is 12.8 Å². The zero-order valence-electron chi connectivity index (χ0n) is 15.1. The third-order valence-corrected chi connectivity index (χ3v) is 5.64. The maximum absolute atomic E-state index is 5.30. The number of hydrogen-bond donors (Lipinski definition) is 1. The number of thiazole rings is 1. The number of fused-ring (bicyclic) bond motifs is 1. The van der Waals surface area contributed by atoms with Gasteiger partial charge in [0.25, 0.3) is 0 Å². The van der Waals surface area contributed by atoms with Crippen molar-refractivity contribution in [1.82, 2.24) is 4.98 Å². The van der Waals surface area contributed by atoms with Gasteiger partial charge in [0, 0.05) is 35.9 Å². The van der Waals surface area contributed by atoms with Crippen LogP contribution in [0.15, 0.2) is 72.0 Å². The SMILES string of the molecule is NC=CC=Nc1ccc(Cc2cnc(N3CCCc4ccccc43)s2)cc1. The quantitative estimate of drug-likeness (QED) is 0.640. The number of anilines is 2. The van der Waals surface area contributed by atoms with Crippen LogP contribution in [0.4, 0.5) is 16.5 Å². The second kappa shape index (κ2) is 8.18. The molecule has 0 bridgehead atoms. The Morgan fingerprint density at radius 2 is 2.00 bits per heavy atom. The van der Waals surface area contributed by atoms with Gasteiger partial charge in [0.2, 0.25) is 0 Å². The molecule has 0 spiro atoms. The number of aryl methyl sites for hydroxylation is 1. The molecule has 2 aromatic carbocycles. The molecule has 0 atom stereocenters. The van der Waals surface area contributed by atoms with E-state index in [-0.39, 0.29) is 0 Å². The Balaban J connectivity index is 1.48. The molecular formula is C22H22N4S. The van der Waals surface area contributed by atoms with Gasteiger partial charge >= 0.3 is 0 Å². The first kappa shape index (κ1) is 17.5. The summed E-state index contributed by atoms with van der Waals surface area (Å²) in [7, 11) is 0. The van der Waals surface area contributed by atoms with Crippen LogP contribution in [0.25, 0.3) is 0 Å². The normalized spacial score (nSPS) is 14.1. The van der Waals surface area contributed by atoms with Gasteiger partial charge in [-0.2, -0.15) is 0 Å². The highest BCUT2D eigenvalue weighted by Gasteiger charge is 2.20. The zero-order valence-corrected chi connectivity index (χ0v) is 15.9. The summed E-state index contributed by atoms with van der Waals surface area (Å²) in [6.45, 7) is 1.04. The topological polar surface area (TPSA) is 54.5 Å². The van der Waals surface area contributed by atoms with E-state index in [0.717, 1.165) is 30.2 Å². The van der Waals surface area contributed by atoms with E-state index < -0.39 is 0 Å². The molecule has 0 amide bonds. The molecule has 0 radical (unpaired) electrons. The van der Waals surface area contributed by atoms with Crippen molar-refractivity contribution in [2.24, 2.45) is 10.7 Å². The maximum atomic E-state index is 5.30. The van der Waals surface area contributed by atoms with Gasteiger partial charge < -0.3 is 10.6 Å². The van der Waals surface area contributed by atoms with Gasteiger partial charge in [-0.3, -0.25) is 4.99 Å². The molecule has 1 aromatic heterocycles. The molecule has 1 aliphatic heterocycles. The van der Waals surface area contributed by atoms with Gasteiger partial charge in [-0.05, 0) is 54.4 Å². The number of allylic oxidation sites excluding steroid dienone is 1. The van der Waals surface area contributed by atoms with Crippen molar-refractivity contribution in [3.05, 3.63) is 83.0 Å². The van der Waals surface area contributed by atoms with Crippen LogP contribution in [0.5, 0.6) is 0 Å². The first-order chi connectivity index (χ1) is 13.3. The minimum atomic E-state index is 0.889. The van der Waals surface area contributed by atoms with E-state index in [1.54, 1.807) is 23.6 Å². The first-order valence-electron chi connectivity index (χ1n) is 9.13. The third-order valence-electron chi connectivity index (χ3n) is 4.62. The molecule has 0 saturated heterocycles. The van der Waals surface area contributed by atoms with Gasteiger partial charge in [0.1, 0.15) is 0 Å². The Morgan fingerprint density at radius 1 is 1.15 bits per heavy atom. The van der Waals surface area contributed by atoms with Crippen molar-refractivity contribution < 1.29 is 0 Å². The van der Waals surface area contributed by atoms with E-state index in [2.05, 4.69) is 46.3 Å². The Morgan fingerprint density at radius 3 is 2.85 bits per heavy atom. The van der Waals surface area contributed by atoms with Crippen molar-refractivity contribution >= 4 is 34.1 Å². The second-order valence-corrected chi connectivity index (χ2v) is 7.59. The van der Waals surface area contributed by atoms with Crippen LogP contribution in [0.3, 0.4) is 0 Å². The average Bonchev–Trinajstić information content (AvgIpc) is 3.17. The maximum Gasteiger partial charge on any atom is 0.190 e. The molecule has 4 nitrogen and oxygen atoms in total. The second-order valence-electron chi connectivity index (χ2n) is 6.50. The lowest BCUT2D eigenvalue weighted by Gasteiger charge is -2.28. The van der Waals surface area contributed by atoms with Crippen LogP contribution in [-0.4, -0.2) is 17.7 Å². The molecule has 0 saturated carbocycles. The van der Waals surface area contributed by atoms with Gasteiger partial charge in [-0.25, -0.2) is 4.98 Å². The van der Waals surface area contributed by atoms with Gasteiger partial charge in [-0.1, -0.05) is 30.3 Å². The molecule has 0 fully saturated rings. The number of para-hydroxylation sites is 1. The van der Waals surface area contributed by atoms with Crippen LogP contribution >= 0.6 is 11.3 Å². The van der Waals surface area contributed by atoms with Crippen molar-refractivity contribution in [1.29, 1.82) is 0 Å². The van der Waals surface area contributed by atoms with E-state index in [1.165, 1.54) is 34.3 Å². The fourth-order valence-electron chi connectivity index (χ4n) is 3.32. The molecular weight excluding hydrogens is 352 g/mol. The highest BCUT2D eigenvalue weighted by Crippen LogP contribution is 2.36. The predicted octanol–water partition coefficient (Wildman–Crippen LogP) is 4.99. The number of aromatic nitrogens is 1. The summed E-state index contributed by atoms with van der Waals surface area (Å²) in [4.78, 5) is 12.7. The molecule has 3 aromatic rings. The van der Waals surface area contributed by atoms with Crippen LogP contribution < -0.4 is 10.6 Å². The standard InChI is InChI=1S/C22H22N4S/c23-12-4-13-24-19-10-8-17(9-11-19)15-20-16-25-22(27-20)26-14-3-6-18-5-1-2-7-21(18)26/h1-2,4-5,7-13,16H,3,6,14-15,23H2. The lowest BCUT2D eigenvalue weighted by atomic mass is 10.0. The molecule has 0 unspecified atom stereocenters. The number of hydrogen-bond acceptors (Lipinski definition) is 5. The van der Waals surface area contributed by atoms with Crippen molar-refractivity contribution in [2.75, 3.05) is 11.4 Å². The van der Waals surface area contributed by atoms with E-state index >= 15 is 0 Å². The Bertz CT molecular complexity index is 956. The van der Waals surface area contributed by atoms with Crippen molar-refractivity contribution in [3.8, 4) is 0 Å². The lowest BCUT2D eigenvalue weighted by molar-refractivity contribution is 0.765. The number of nitrogens with zero attached hydrogens (tertiary/aromatic N) is 3. The molecule has 0 aliphatic carbocycles. The van der Waals surface area contributed by atoms with Gasteiger partial charge in [0.05, 0.1) is 5.69 Å². The molecule has 4 rings (SSSR count). The summed E-state index contributed by atoms with van der Waals surface area (Å²) in [6.07, 6.45) is 10.1. The average molecular weight is 375 g/mol. The Labute approximate surface area is 163 Å². The highest BCUT2D eigenvalue weighted by molar-refractivity contribution is 7.15. The minimum absolute atomic E-state index is 0.889. The summed E-state index contributed by atoms with van der Waals surface area (Å²) >= 11 is 1.78. The van der Waals surface area contributed by atoms with Crippen molar-refractivity contribution in [2.45, 2.75) is 19.3 Å². The molecule has 5 heteroatoms. The third kappa shape index (κ3) is 4.09. The summed E-state index contributed by atoms with van der Waals surface area (Å²) in [5.74, 6) is 0. The van der Waals surface area contributed by atoms with Gasteiger partial charge in [0.15, 0.2) is 5.13 Å². The molecule has 2 N–H and O–H groups in total. The van der Waals surface area contributed by atoms with Crippen LogP contribution in [0.1, 0.15) is 22.4 Å². The number of aliphatic imine (C=N–C) groups is 1. The Kier molecular flexibility index (Phi) is 5.30. The number of benzene rings is 2. The first-order valence-corrected chi connectivity index (χ1v) is 9.95. The summed E-state index contributed by atoms with van der Waals surface area (Å²) in [5, 5.41) is 1.09. The largest absolute Gasteiger partial charge is 0.405 e. The zero-order chi connectivity index (χ0) is 18.5.